The van der Waals surface area contributed by atoms with Crippen molar-refractivity contribution < 1.29 is 4.55 Å². The van der Waals surface area contributed by atoms with Gasteiger partial charge in [-0.25, -0.2) is 0 Å². The lowest BCUT2D eigenvalue weighted by molar-refractivity contribution is 0.185. The molecule has 0 fully saturated rings. The van der Waals surface area contributed by atoms with Gasteiger partial charge >= 0.3 is 0 Å². The first-order chi connectivity index (χ1) is 11.2. The lowest BCUT2D eigenvalue weighted by Crippen LogP contribution is -2.45. The van der Waals surface area contributed by atoms with E-state index in [0.717, 1.165) is 6.42 Å². The molecule has 0 radical (unpaired) electrons. The maximum Gasteiger partial charge on any atom is 0.136 e. The van der Waals surface area contributed by atoms with Crippen LogP contribution in [-0.2, 0) is 17.8 Å². The maximum atomic E-state index is 12.9. The predicted octanol–water partition coefficient (Wildman–Crippen LogP) is 5.62. The van der Waals surface area contributed by atoms with Crippen molar-refractivity contribution in [3.63, 3.8) is 0 Å². The van der Waals surface area contributed by atoms with Crippen molar-refractivity contribution in [3.8, 4) is 0 Å². The lowest BCUT2D eigenvalue weighted by Gasteiger charge is -2.38. The zero-order chi connectivity index (χ0) is 18.0. The van der Waals surface area contributed by atoms with Gasteiger partial charge in [-0.05, 0) is 69.1 Å². The van der Waals surface area contributed by atoms with Crippen LogP contribution in [-0.4, -0.2) is 9.30 Å². The Labute approximate surface area is 152 Å². The lowest BCUT2D eigenvalue weighted by atomic mass is 9.73. The van der Waals surface area contributed by atoms with Crippen LogP contribution in [0.4, 0.5) is 0 Å². The van der Waals surface area contributed by atoms with E-state index in [1.165, 1.54) is 48.8 Å². The highest BCUT2D eigenvalue weighted by Crippen LogP contribution is 2.53. The van der Waals surface area contributed by atoms with Gasteiger partial charge in [0, 0.05) is 11.4 Å². The van der Waals surface area contributed by atoms with Gasteiger partial charge in [0.05, 0.1) is 6.04 Å². The summed E-state index contributed by atoms with van der Waals surface area (Å²) in [6.45, 7) is 12.9. The minimum atomic E-state index is -1.05. The second-order valence-corrected chi connectivity index (χ2v) is 10.5. The predicted molar refractivity (Wildman–Crippen MR) is 106 cm³/mol. The van der Waals surface area contributed by atoms with Crippen LogP contribution in [0.5, 0.6) is 0 Å². The van der Waals surface area contributed by atoms with Gasteiger partial charge in [0.2, 0.25) is 0 Å². The van der Waals surface area contributed by atoms with Gasteiger partial charge in [0.15, 0.2) is 0 Å². The van der Waals surface area contributed by atoms with Crippen molar-refractivity contribution in [3.05, 3.63) is 34.9 Å². The van der Waals surface area contributed by atoms with Crippen LogP contribution in [0.3, 0.4) is 0 Å². The van der Waals surface area contributed by atoms with Crippen LogP contribution < -0.4 is 4.72 Å². The summed E-state index contributed by atoms with van der Waals surface area (Å²) in [5, 5.41) is 0. The zero-order valence-electron chi connectivity index (χ0n) is 16.4. The average Bonchev–Trinajstić information content (AvgIpc) is 2.81. The molecule has 1 N–H and O–H groups in total. The molecule has 0 amide bonds. The van der Waals surface area contributed by atoms with Gasteiger partial charge < -0.3 is 4.55 Å². The first-order valence-electron chi connectivity index (χ1n) is 9.51. The minimum Gasteiger partial charge on any atom is -0.598 e. The van der Waals surface area contributed by atoms with Gasteiger partial charge in [-0.3, -0.25) is 0 Å². The summed E-state index contributed by atoms with van der Waals surface area (Å²) >= 11 is -1.05. The SMILES string of the molecule is CCCCC1(CCC)Cc2c(C)cccc2C1N[S+]([O-])C(C)(C)C. The molecule has 1 aromatic carbocycles. The molecule has 136 valence electrons. The third kappa shape index (κ3) is 4.00. The molecule has 0 bridgehead atoms. The molecule has 0 aliphatic heterocycles. The van der Waals surface area contributed by atoms with E-state index in [1.54, 1.807) is 0 Å². The third-order valence-electron chi connectivity index (χ3n) is 5.46. The second-order valence-electron chi connectivity index (χ2n) is 8.47. The molecule has 1 aromatic rings. The standard InChI is InChI=1S/C21H35NOS/c1-7-9-14-21(13-8-2)15-18-16(3)11-10-12-17(18)19(21)22-24(23)20(4,5)6/h10-12,19,22H,7-9,13-15H2,1-6H3. The molecule has 3 unspecified atom stereocenters. The molecule has 0 aromatic heterocycles. The normalized spacial score (nSPS) is 24.9. The minimum absolute atomic E-state index is 0.207. The highest BCUT2D eigenvalue weighted by Gasteiger charge is 2.48. The Balaban J connectivity index is 2.43. The number of hydrogen-bond donors (Lipinski definition) is 1. The summed E-state index contributed by atoms with van der Waals surface area (Å²) in [5.41, 5.74) is 4.47. The van der Waals surface area contributed by atoms with E-state index < -0.39 is 11.4 Å². The van der Waals surface area contributed by atoms with Gasteiger partial charge in [-0.1, -0.05) is 51.3 Å². The Hall–Kier alpha value is -0.510. The van der Waals surface area contributed by atoms with Crippen molar-refractivity contribution in [2.75, 3.05) is 0 Å². The zero-order valence-corrected chi connectivity index (χ0v) is 17.2. The molecule has 1 aliphatic carbocycles. The number of unbranched alkanes of at least 4 members (excludes halogenated alkanes) is 1. The Morgan fingerprint density at radius 2 is 1.92 bits per heavy atom. The molecule has 3 atom stereocenters. The molecule has 2 rings (SSSR count). The van der Waals surface area contributed by atoms with Gasteiger partial charge in [0.25, 0.3) is 0 Å². The third-order valence-corrected chi connectivity index (χ3v) is 7.02. The topological polar surface area (TPSA) is 35.1 Å². The van der Waals surface area contributed by atoms with E-state index in [1.807, 2.05) is 0 Å². The van der Waals surface area contributed by atoms with Crippen molar-refractivity contribution >= 4 is 11.4 Å². The summed E-state index contributed by atoms with van der Waals surface area (Å²) in [6, 6.07) is 6.84. The quantitative estimate of drug-likeness (QED) is 0.648. The fourth-order valence-electron chi connectivity index (χ4n) is 4.11. The first-order valence-corrected chi connectivity index (χ1v) is 10.7. The molecule has 24 heavy (non-hydrogen) atoms. The highest BCUT2D eigenvalue weighted by molar-refractivity contribution is 7.90. The van der Waals surface area contributed by atoms with E-state index in [0.29, 0.717) is 0 Å². The van der Waals surface area contributed by atoms with Gasteiger partial charge in [-0.2, -0.15) is 0 Å². The Bertz CT molecular complexity index is 551. The number of rotatable bonds is 7. The van der Waals surface area contributed by atoms with Crippen molar-refractivity contribution in [2.24, 2.45) is 5.41 Å². The molecule has 3 heteroatoms. The number of nitrogens with one attached hydrogen (secondary N) is 1. The Morgan fingerprint density at radius 1 is 1.21 bits per heavy atom. The highest BCUT2D eigenvalue weighted by atomic mass is 32.2. The van der Waals surface area contributed by atoms with E-state index in [2.05, 4.69) is 64.5 Å². The van der Waals surface area contributed by atoms with Crippen molar-refractivity contribution in [1.82, 2.24) is 4.72 Å². The van der Waals surface area contributed by atoms with Crippen molar-refractivity contribution in [1.29, 1.82) is 0 Å². The van der Waals surface area contributed by atoms with Crippen LogP contribution in [0.2, 0.25) is 0 Å². The maximum absolute atomic E-state index is 12.9. The second kappa shape index (κ2) is 7.80. The van der Waals surface area contributed by atoms with Crippen LogP contribution in [0.15, 0.2) is 18.2 Å². The molecule has 0 saturated heterocycles. The largest absolute Gasteiger partial charge is 0.598 e. The molecule has 0 saturated carbocycles. The van der Waals surface area contributed by atoms with Crippen LogP contribution in [0.25, 0.3) is 0 Å². The molecule has 2 nitrogen and oxygen atoms in total. The summed E-state index contributed by atoms with van der Waals surface area (Å²) in [6.07, 6.45) is 7.17. The fraction of sp³-hybridized carbons (Fsp3) is 0.714. The number of hydrogen-bond acceptors (Lipinski definition) is 2. The number of fused-ring (bicyclic) bond motifs is 1. The monoisotopic (exact) mass is 349 g/mol. The molecule has 1 aliphatic rings. The molecular formula is C21H35NOS. The summed E-state index contributed by atoms with van der Waals surface area (Å²) in [5.74, 6) is 0. The van der Waals surface area contributed by atoms with E-state index in [4.69, 9.17) is 0 Å². The number of aryl methyl sites for hydroxylation is 1. The summed E-state index contributed by atoms with van der Waals surface area (Å²) in [4.78, 5) is 0. The van der Waals surface area contributed by atoms with Crippen LogP contribution in [0.1, 0.15) is 89.5 Å². The van der Waals surface area contributed by atoms with E-state index >= 15 is 0 Å². The Kier molecular flexibility index (Phi) is 6.44. The molecule has 0 spiro atoms. The fourth-order valence-corrected chi connectivity index (χ4v) is 5.05. The van der Waals surface area contributed by atoms with Crippen LogP contribution >= 0.6 is 0 Å². The van der Waals surface area contributed by atoms with E-state index in [-0.39, 0.29) is 16.2 Å². The molecular weight excluding hydrogens is 314 g/mol. The molecule has 0 heterocycles. The van der Waals surface area contributed by atoms with Gasteiger partial charge in [0.1, 0.15) is 4.75 Å². The first kappa shape index (κ1) is 19.8. The van der Waals surface area contributed by atoms with Crippen LogP contribution in [0, 0.1) is 12.3 Å². The number of benzene rings is 1. The van der Waals surface area contributed by atoms with E-state index in [9.17, 15) is 4.55 Å². The Morgan fingerprint density at radius 3 is 2.50 bits per heavy atom. The summed E-state index contributed by atoms with van der Waals surface area (Å²) < 4.78 is 16.2. The van der Waals surface area contributed by atoms with Gasteiger partial charge in [-0.15, -0.1) is 4.72 Å². The average molecular weight is 350 g/mol. The summed E-state index contributed by atoms with van der Waals surface area (Å²) in [7, 11) is 0. The van der Waals surface area contributed by atoms with Crippen molar-refractivity contribution in [2.45, 2.75) is 90.9 Å². The smallest absolute Gasteiger partial charge is 0.136 e.